The maximum atomic E-state index is 12.2. The number of hydrogen-bond donors (Lipinski definition) is 1. The smallest absolute Gasteiger partial charge is 0.253 e. The van der Waals surface area contributed by atoms with Gasteiger partial charge in [-0.15, -0.1) is 0 Å². The number of nitrogens with zero attached hydrogens (tertiary/aromatic N) is 2. The van der Waals surface area contributed by atoms with Gasteiger partial charge in [0, 0.05) is 32.2 Å². The lowest BCUT2D eigenvalue weighted by Gasteiger charge is -2.32. The van der Waals surface area contributed by atoms with Crippen molar-refractivity contribution in [2.45, 2.75) is 45.1 Å². The number of carbonyl (C=O) groups excluding carboxylic acids is 1. The largest absolute Gasteiger partial charge is 0.397 e. The molecule has 1 aromatic rings. The van der Waals surface area contributed by atoms with Crippen LogP contribution in [0.25, 0.3) is 0 Å². The average Bonchev–Trinajstić information content (AvgIpc) is 2.72. The molecule has 1 aliphatic rings. The molecule has 4 nitrogen and oxygen atoms in total. The molecule has 1 heterocycles. The van der Waals surface area contributed by atoms with E-state index in [-0.39, 0.29) is 5.91 Å². The second kappa shape index (κ2) is 6.83. The van der Waals surface area contributed by atoms with Crippen LogP contribution in [-0.2, 0) is 0 Å². The number of carbonyl (C=O) groups is 1. The molecule has 0 aromatic heterocycles. The molecule has 1 amide bonds. The van der Waals surface area contributed by atoms with Gasteiger partial charge in [-0.05, 0) is 37.5 Å². The molecule has 1 unspecified atom stereocenters. The number of benzene rings is 1. The molecule has 1 aliphatic heterocycles. The van der Waals surface area contributed by atoms with Gasteiger partial charge in [0.15, 0.2) is 0 Å². The van der Waals surface area contributed by atoms with Gasteiger partial charge in [0.2, 0.25) is 0 Å². The van der Waals surface area contributed by atoms with Gasteiger partial charge >= 0.3 is 0 Å². The van der Waals surface area contributed by atoms with Crippen molar-refractivity contribution in [1.29, 1.82) is 0 Å². The first-order valence-electron chi connectivity index (χ1n) is 7.92. The number of rotatable bonds is 3. The van der Waals surface area contributed by atoms with E-state index in [4.69, 9.17) is 5.73 Å². The van der Waals surface area contributed by atoms with Crippen molar-refractivity contribution in [3.05, 3.63) is 23.8 Å². The van der Waals surface area contributed by atoms with Crippen LogP contribution in [0.15, 0.2) is 18.2 Å². The summed E-state index contributed by atoms with van der Waals surface area (Å²) in [7, 11) is 3.55. The molecule has 116 valence electrons. The second-order valence-corrected chi connectivity index (χ2v) is 6.08. The summed E-state index contributed by atoms with van der Waals surface area (Å²) in [5.74, 6) is 0.0270. The first kappa shape index (κ1) is 15.7. The van der Waals surface area contributed by atoms with E-state index in [9.17, 15) is 4.79 Å². The van der Waals surface area contributed by atoms with Crippen molar-refractivity contribution in [3.8, 4) is 0 Å². The van der Waals surface area contributed by atoms with Crippen LogP contribution in [-0.4, -0.2) is 37.5 Å². The highest BCUT2D eigenvalue weighted by atomic mass is 16.2. The molecule has 0 saturated carbocycles. The van der Waals surface area contributed by atoms with Gasteiger partial charge in [-0.1, -0.05) is 19.8 Å². The minimum Gasteiger partial charge on any atom is -0.397 e. The number of amides is 1. The first-order chi connectivity index (χ1) is 10.0. The maximum Gasteiger partial charge on any atom is 0.253 e. The summed E-state index contributed by atoms with van der Waals surface area (Å²) in [6, 6.07) is 6.18. The topological polar surface area (TPSA) is 49.6 Å². The summed E-state index contributed by atoms with van der Waals surface area (Å²) in [6.45, 7) is 3.26. The standard InChI is InChI=1S/C17H27N3O/c1-4-14-8-6-5-7-11-20(14)16-12-13(9-10-15(16)18)17(21)19(2)3/h9-10,12,14H,4-8,11,18H2,1-3H3. The van der Waals surface area contributed by atoms with E-state index < -0.39 is 0 Å². The summed E-state index contributed by atoms with van der Waals surface area (Å²) in [6.07, 6.45) is 6.09. The van der Waals surface area contributed by atoms with Gasteiger partial charge in [-0.2, -0.15) is 0 Å². The Morgan fingerprint density at radius 2 is 2.10 bits per heavy atom. The fourth-order valence-corrected chi connectivity index (χ4v) is 3.10. The lowest BCUT2D eigenvalue weighted by atomic mass is 10.1. The van der Waals surface area contributed by atoms with Gasteiger partial charge in [0.1, 0.15) is 0 Å². The van der Waals surface area contributed by atoms with E-state index in [1.165, 1.54) is 25.7 Å². The average molecular weight is 289 g/mol. The Morgan fingerprint density at radius 1 is 1.33 bits per heavy atom. The second-order valence-electron chi connectivity index (χ2n) is 6.08. The third kappa shape index (κ3) is 3.49. The molecule has 1 aromatic carbocycles. The minimum absolute atomic E-state index is 0.0270. The molecule has 1 atom stereocenters. The molecule has 1 fully saturated rings. The van der Waals surface area contributed by atoms with Crippen LogP contribution in [0.5, 0.6) is 0 Å². The molecular formula is C17H27N3O. The highest BCUT2D eigenvalue weighted by Crippen LogP contribution is 2.31. The highest BCUT2D eigenvalue weighted by Gasteiger charge is 2.22. The van der Waals surface area contributed by atoms with Crippen molar-refractivity contribution in [2.75, 3.05) is 31.3 Å². The van der Waals surface area contributed by atoms with Crippen LogP contribution in [0.3, 0.4) is 0 Å². The first-order valence-corrected chi connectivity index (χ1v) is 7.92. The Bertz CT molecular complexity index is 499. The molecule has 0 spiro atoms. The van der Waals surface area contributed by atoms with Gasteiger partial charge < -0.3 is 15.5 Å². The van der Waals surface area contributed by atoms with Crippen LogP contribution in [0.4, 0.5) is 11.4 Å². The summed E-state index contributed by atoms with van der Waals surface area (Å²) in [5, 5.41) is 0. The minimum atomic E-state index is 0.0270. The van der Waals surface area contributed by atoms with Crippen molar-refractivity contribution in [1.82, 2.24) is 4.90 Å². The van der Waals surface area contributed by atoms with E-state index in [1.807, 2.05) is 18.2 Å². The zero-order valence-corrected chi connectivity index (χ0v) is 13.4. The molecule has 21 heavy (non-hydrogen) atoms. The zero-order chi connectivity index (χ0) is 15.4. The van der Waals surface area contributed by atoms with E-state index in [1.54, 1.807) is 19.0 Å². The molecule has 2 N–H and O–H groups in total. The van der Waals surface area contributed by atoms with Crippen molar-refractivity contribution in [3.63, 3.8) is 0 Å². The van der Waals surface area contributed by atoms with Crippen LogP contribution in [0.1, 0.15) is 49.4 Å². The highest BCUT2D eigenvalue weighted by molar-refractivity contribution is 5.96. The molecule has 0 bridgehead atoms. The van der Waals surface area contributed by atoms with E-state index in [0.29, 0.717) is 11.6 Å². The molecular weight excluding hydrogens is 262 g/mol. The van der Waals surface area contributed by atoms with Crippen molar-refractivity contribution < 1.29 is 4.79 Å². The van der Waals surface area contributed by atoms with E-state index in [0.717, 1.165) is 24.3 Å². The van der Waals surface area contributed by atoms with Gasteiger partial charge in [-0.25, -0.2) is 0 Å². The van der Waals surface area contributed by atoms with Gasteiger partial charge in [0.05, 0.1) is 11.4 Å². The number of nitrogens with two attached hydrogens (primary N) is 1. The lowest BCUT2D eigenvalue weighted by molar-refractivity contribution is 0.0827. The molecule has 1 saturated heterocycles. The van der Waals surface area contributed by atoms with Gasteiger partial charge in [0.25, 0.3) is 5.91 Å². The number of hydrogen-bond acceptors (Lipinski definition) is 3. The van der Waals surface area contributed by atoms with Crippen LogP contribution >= 0.6 is 0 Å². The third-order valence-electron chi connectivity index (χ3n) is 4.34. The van der Waals surface area contributed by atoms with E-state index >= 15 is 0 Å². The molecule has 4 heteroatoms. The van der Waals surface area contributed by atoms with Crippen LogP contribution in [0.2, 0.25) is 0 Å². The number of nitrogen functional groups attached to an aromatic ring is 1. The Kier molecular flexibility index (Phi) is 5.10. The lowest BCUT2D eigenvalue weighted by Crippen LogP contribution is -2.35. The molecule has 0 aliphatic carbocycles. The Balaban J connectivity index is 2.36. The molecule has 2 rings (SSSR count). The molecule has 0 radical (unpaired) electrons. The van der Waals surface area contributed by atoms with Crippen LogP contribution in [0, 0.1) is 0 Å². The Hall–Kier alpha value is -1.71. The summed E-state index contributed by atoms with van der Waals surface area (Å²) < 4.78 is 0. The monoisotopic (exact) mass is 289 g/mol. The number of anilines is 2. The fraction of sp³-hybridized carbons (Fsp3) is 0.588. The SMILES string of the molecule is CCC1CCCCCN1c1cc(C(=O)N(C)C)ccc1N. The van der Waals surface area contributed by atoms with Crippen molar-refractivity contribution in [2.24, 2.45) is 0 Å². The summed E-state index contributed by atoms with van der Waals surface area (Å²) >= 11 is 0. The Morgan fingerprint density at radius 3 is 2.76 bits per heavy atom. The van der Waals surface area contributed by atoms with Crippen LogP contribution < -0.4 is 10.6 Å². The predicted molar refractivity (Wildman–Crippen MR) is 88.8 cm³/mol. The van der Waals surface area contributed by atoms with Gasteiger partial charge in [-0.3, -0.25) is 4.79 Å². The third-order valence-corrected chi connectivity index (χ3v) is 4.34. The maximum absolute atomic E-state index is 12.2. The normalized spacial score (nSPS) is 19.2. The zero-order valence-electron chi connectivity index (χ0n) is 13.4. The quantitative estimate of drug-likeness (QED) is 0.870. The van der Waals surface area contributed by atoms with E-state index in [2.05, 4.69) is 11.8 Å². The Labute approximate surface area is 127 Å². The summed E-state index contributed by atoms with van der Waals surface area (Å²) in [5.41, 5.74) is 8.70. The van der Waals surface area contributed by atoms with Crippen molar-refractivity contribution >= 4 is 17.3 Å². The fourth-order valence-electron chi connectivity index (χ4n) is 3.10. The predicted octanol–water partition coefficient (Wildman–Crippen LogP) is 3.13. The summed E-state index contributed by atoms with van der Waals surface area (Å²) in [4.78, 5) is 16.2.